The van der Waals surface area contributed by atoms with Crippen molar-refractivity contribution in [1.82, 2.24) is 4.90 Å². The van der Waals surface area contributed by atoms with Crippen molar-refractivity contribution in [2.24, 2.45) is 0 Å². The highest BCUT2D eigenvalue weighted by Gasteiger charge is 2.25. The van der Waals surface area contributed by atoms with Gasteiger partial charge in [-0.15, -0.1) is 0 Å². The van der Waals surface area contributed by atoms with Gasteiger partial charge in [-0.3, -0.25) is 4.79 Å². The van der Waals surface area contributed by atoms with E-state index < -0.39 is 6.29 Å². The summed E-state index contributed by atoms with van der Waals surface area (Å²) >= 11 is 1.87. The third-order valence-electron chi connectivity index (χ3n) is 7.59. The van der Waals surface area contributed by atoms with Crippen molar-refractivity contribution in [3.63, 3.8) is 0 Å². The Morgan fingerprint density at radius 3 is 2.13 bits per heavy atom. The van der Waals surface area contributed by atoms with Crippen LogP contribution in [0.3, 0.4) is 0 Å². The minimum absolute atomic E-state index is 0.122. The SMILES string of the molecule is CCCCCCCCCC(=O)OC(C)OC1CCN(CCCN2c3ccccc3Sc3ccccc32)CC1. The van der Waals surface area contributed by atoms with Gasteiger partial charge in [0.05, 0.1) is 17.5 Å². The Bertz CT molecular complexity index is 947. The van der Waals surface area contributed by atoms with Crippen molar-refractivity contribution >= 4 is 29.1 Å². The molecular weight excluding hydrogens is 492 g/mol. The Labute approximate surface area is 234 Å². The van der Waals surface area contributed by atoms with Gasteiger partial charge in [-0.2, -0.15) is 0 Å². The fourth-order valence-electron chi connectivity index (χ4n) is 5.51. The first kappa shape index (κ1) is 29.0. The van der Waals surface area contributed by atoms with Gasteiger partial charge in [0, 0.05) is 35.8 Å². The van der Waals surface area contributed by atoms with Crippen molar-refractivity contribution < 1.29 is 14.3 Å². The van der Waals surface area contributed by atoms with Gasteiger partial charge < -0.3 is 19.3 Å². The summed E-state index contributed by atoms with van der Waals surface area (Å²) in [7, 11) is 0. The average molecular weight is 539 g/mol. The van der Waals surface area contributed by atoms with Crippen LogP contribution in [-0.4, -0.2) is 49.4 Å². The van der Waals surface area contributed by atoms with E-state index in [1.165, 1.54) is 53.3 Å². The van der Waals surface area contributed by atoms with Crippen LogP contribution in [0.4, 0.5) is 11.4 Å². The molecule has 0 aliphatic carbocycles. The number of anilines is 2. The van der Waals surface area contributed by atoms with Crippen LogP contribution in [0.5, 0.6) is 0 Å². The first-order chi connectivity index (χ1) is 18.6. The van der Waals surface area contributed by atoms with Gasteiger partial charge in [0.1, 0.15) is 0 Å². The molecule has 2 aliphatic heterocycles. The number of carbonyl (C=O) groups excluding carboxylic acids is 1. The summed E-state index contributed by atoms with van der Waals surface area (Å²) in [5, 5.41) is 0. The van der Waals surface area contributed by atoms with E-state index in [2.05, 4.69) is 65.3 Å². The molecular formula is C32H46N2O3S. The standard InChI is InChI=1S/C32H46N2O3S/c1-3-4-5-6-7-8-9-19-32(35)37-26(2)36-27-20-24-33(25-21-27)22-14-23-34-28-15-10-12-17-30(28)38-31-18-13-11-16-29(31)34/h10-13,15-18,26-27H,3-9,14,19-25H2,1-2H3. The monoisotopic (exact) mass is 538 g/mol. The molecule has 1 saturated heterocycles. The number of nitrogens with zero attached hydrogens (tertiary/aromatic N) is 2. The summed E-state index contributed by atoms with van der Waals surface area (Å²) < 4.78 is 11.6. The lowest BCUT2D eigenvalue weighted by Crippen LogP contribution is -2.40. The number of hydrogen-bond donors (Lipinski definition) is 0. The minimum Gasteiger partial charge on any atom is -0.436 e. The highest BCUT2D eigenvalue weighted by molar-refractivity contribution is 7.99. The summed E-state index contributed by atoms with van der Waals surface area (Å²) in [6.45, 7) is 8.26. The molecule has 0 radical (unpaired) electrons. The molecule has 0 N–H and O–H groups in total. The van der Waals surface area contributed by atoms with E-state index in [-0.39, 0.29) is 12.1 Å². The van der Waals surface area contributed by atoms with E-state index in [1.807, 2.05) is 18.7 Å². The fourth-order valence-corrected chi connectivity index (χ4v) is 6.61. The van der Waals surface area contributed by atoms with Crippen LogP contribution in [0, 0.1) is 0 Å². The number of unbranched alkanes of at least 4 members (excludes halogenated alkanes) is 6. The third-order valence-corrected chi connectivity index (χ3v) is 8.72. The molecule has 0 amide bonds. The number of esters is 1. The maximum absolute atomic E-state index is 12.2. The fraction of sp³-hybridized carbons (Fsp3) is 0.594. The molecule has 5 nitrogen and oxygen atoms in total. The highest BCUT2D eigenvalue weighted by atomic mass is 32.2. The van der Waals surface area contributed by atoms with Crippen LogP contribution in [0.1, 0.15) is 84.5 Å². The summed E-state index contributed by atoms with van der Waals surface area (Å²) in [5.41, 5.74) is 2.64. The Kier molecular flexibility index (Phi) is 11.8. The van der Waals surface area contributed by atoms with Gasteiger partial charge in [-0.05, 0) is 63.4 Å². The number of para-hydroxylation sites is 2. The zero-order valence-electron chi connectivity index (χ0n) is 23.4. The number of likely N-dealkylation sites (tertiary alicyclic amines) is 1. The molecule has 0 spiro atoms. The molecule has 4 rings (SSSR count). The molecule has 208 valence electrons. The van der Waals surface area contributed by atoms with Crippen molar-refractivity contribution in [1.29, 1.82) is 0 Å². The van der Waals surface area contributed by atoms with Crippen LogP contribution < -0.4 is 4.90 Å². The summed E-state index contributed by atoms with van der Waals surface area (Å²) in [6.07, 6.45) is 11.7. The molecule has 2 aliphatic rings. The Morgan fingerprint density at radius 2 is 1.47 bits per heavy atom. The van der Waals surface area contributed by atoms with Gasteiger partial charge in [0.2, 0.25) is 0 Å². The summed E-state index contributed by atoms with van der Waals surface area (Å²) in [5.74, 6) is -0.122. The van der Waals surface area contributed by atoms with Gasteiger partial charge >= 0.3 is 5.97 Å². The molecule has 38 heavy (non-hydrogen) atoms. The smallest absolute Gasteiger partial charge is 0.308 e. The molecule has 0 bridgehead atoms. The molecule has 2 heterocycles. The number of benzene rings is 2. The van der Waals surface area contributed by atoms with E-state index in [4.69, 9.17) is 9.47 Å². The van der Waals surface area contributed by atoms with Crippen molar-refractivity contribution in [3.05, 3.63) is 48.5 Å². The zero-order chi connectivity index (χ0) is 26.6. The van der Waals surface area contributed by atoms with Crippen LogP contribution in [-0.2, 0) is 14.3 Å². The number of hydrogen-bond acceptors (Lipinski definition) is 6. The lowest BCUT2D eigenvalue weighted by molar-refractivity contribution is -0.188. The van der Waals surface area contributed by atoms with Crippen LogP contribution in [0.15, 0.2) is 58.3 Å². The maximum atomic E-state index is 12.2. The summed E-state index contributed by atoms with van der Waals surface area (Å²) in [6, 6.07) is 17.5. The molecule has 0 aromatic heterocycles. The number of carbonyl (C=O) groups is 1. The number of fused-ring (bicyclic) bond motifs is 2. The molecule has 1 atom stereocenters. The zero-order valence-corrected chi connectivity index (χ0v) is 24.2. The van der Waals surface area contributed by atoms with E-state index in [1.54, 1.807) is 0 Å². The maximum Gasteiger partial charge on any atom is 0.308 e. The van der Waals surface area contributed by atoms with Crippen LogP contribution in [0.2, 0.25) is 0 Å². The molecule has 1 fully saturated rings. The predicted octanol–water partition coefficient (Wildman–Crippen LogP) is 8.19. The molecule has 0 saturated carbocycles. The number of piperidine rings is 1. The molecule has 2 aromatic rings. The second kappa shape index (κ2) is 15.5. The number of rotatable bonds is 15. The second-order valence-electron chi connectivity index (χ2n) is 10.6. The van der Waals surface area contributed by atoms with Gasteiger partial charge in [-0.25, -0.2) is 0 Å². The third kappa shape index (κ3) is 8.75. The first-order valence-electron chi connectivity index (χ1n) is 14.8. The molecule has 6 heteroatoms. The van der Waals surface area contributed by atoms with Gasteiger partial charge in [-0.1, -0.05) is 81.5 Å². The second-order valence-corrected chi connectivity index (χ2v) is 11.7. The van der Waals surface area contributed by atoms with Crippen molar-refractivity contribution in [3.8, 4) is 0 Å². The highest BCUT2D eigenvalue weighted by Crippen LogP contribution is 2.47. The van der Waals surface area contributed by atoms with Gasteiger partial charge in [0.25, 0.3) is 0 Å². The van der Waals surface area contributed by atoms with Crippen molar-refractivity contribution in [2.45, 2.75) is 107 Å². The predicted molar refractivity (Wildman–Crippen MR) is 157 cm³/mol. The minimum atomic E-state index is -0.458. The van der Waals surface area contributed by atoms with Crippen LogP contribution >= 0.6 is 11.8 Å². The van der Waals surface area contributed by atoms with Crippen LogP contribution in [0.25, 0.3) is 0 Å². The van der Waals surface area contributed by atoms with E-state index in [9.17, 15) is 4.79 Å². The Morgan fingerprint density at radius 1 is 0.868 bits per heavy atom. The normalized spacial score (nSPS) is 16.6. The van der Waals surface area contributed by atoms with E-state index >= 15 is 0 Å². The Hall–Kier alpha value is -2.02. The Balaban J connectivity index is 1.11. The van der Waals surface area contributed by atoms with E-state index in [0.29, 0.717) is 6.42 Å². The molecule has 2 aromatic carbocycles. The quantitative estimate of drug-likeness (QED) is 0.129. The molecule has 1 unspecified atom stereocenters. The lowest BCUT2D eigenvalue weighted by atomic mass is 10.1. The lowest BCUT2D eigenvalue weighted by Gasteiger charge is -2.35. The summed E-state index contributed by atoms with van der Waals surface area (Å²) in [4.78, 5) is 19.9. The van der Waals surface area contributed by atoms with Crippen molar-refractivity contribution in [2.75, 3.05) is 31.1 Å². The first-order valence-corrected chi connectivity index (χ1v) is 15.7. The number of ether oxygens (including phenoxy) is 2. The van der Waals surface area contributed by atoms with E-state index in [0.717, 1.165) is 58.3 Å². The topological polar surface area (TPSA) is 42.0 Å². The average Bonchev–Trinajstić information content (AvgIpc) is 2.93. The largest absolute Gasteiger partial charge is 0.436 e. The van der Waals surface area contributed by atoms with Gasteiger partial charge in [0.15, 0.2) is 6.29 Å².